The molecule has 0 atom stereocenters. The summed E-state index contributed by atoms with van der Waals surface area (Å²) >= 11 is 6.28. The van der Waals surface area contributed by atoms with Crippen LogP contribution in [0.15, 0.2) is 29.5 Å². The predicted octanol–water partition coefficient (Wildman–Crippen LogP) is 3.03. The quantitative estimate of drug-likeness (QED) is 0.760. The van der Waals surface area contributed by atoms with E-state index in [2.05, 4.69) is 24.5 Å². The molecule has 2 rings (SSSR count). The number of esters is 1. The van der Waals surface area contributed by atoms with Crippen molar-refractivity contribution in [2.24, 2.45) is 5.92 Å². The lowest BCUT2D eigenvalue weighted by Gasteiger charge is -2.13. The SMILES string of the molecule is CC(C)Cc1ccc(NC(=O)NC2=C(CN(C)C)C(=O)OC2)cc1Cl. The van der Waals surface area contributed by atoms with Crippen molar-refractivity contribution in [2.45, 2.75) is 20.3 Å². The zero-order chi connectivity index (χ0) is 18.6. The Labute approximate surface area is 153 Å². The molecule has 0 unspecified atom stereocenters. The minimum absolute atomic E-state index is 0.0729. The molecule has 1 heterocycles. The monoisotopic (exact) mass is 365 g/mol. The Balaban J connectivity index is 2.03. The second-order valence-electron chi connectivity index (χ2n) is 6.75. The van der Waals surface area contributed by atoms with Crippen molar-refractivity contribution in [3.05, 3.63) is 40.1 Å². The van der Waals surface area contributed by atoms with Crippen LogP contribution in [0.2, 0.25) is 5.02 Å². The molecule has 0 saturated heterocycles. The van der Waals surface area contributed by atoms with Gasteiger partial charge in [-0.2, -0.15) is 0 Å². The van der Waals surface area contributed by atoms with Crippen LogP contribution in [0.3, 0.4) is 0 Å². The average Bonchev–Trinajstić information content (AvgIpc) is 2.82. The molecule has 25 heavy (non-hydrogen) atoms. The van der Waals surface area contributed by atoms with Crippen LogP contribution in [0.4, 0.5) is 10.5 Å². The van der Waals surface area contributed by atoms with Gasteiger partial charge in [-0.05, 0) is 44.1 Å². The van der Waals surface area contributed by atoms with Crippen LogP contribution in [0.5, 0.6) is 0 Å². The largest absolute Gasteiger partial charge is 0.456 e. The third kappa shape index (κ3) is 5.47. The number of carbonyl (C=O) groups is 2. The molecule has 7 heteroatoms. The van der Waals surface area contributed by atoms with Crippen LogP contribution in [-0.2, 0) is 16.0 Å². The van der Waals surface area contributed by atoms with Gasteiger partial charge in [0.15, 0.2) is 0 Å². The minimum atomic E-state index is -0.433. The van der Waals surface area contributed by atoms with Gasteiger partial charge in [-0.1, -0.05) is 31.5 Å². The van der Waals surface area contributed by atoms with Gasteiger partial charge in [0.1, 0.15) is 6.61 Å². The Morgan fingerprint density at radius 3 is 2.64 bits per heavy atom. The Kier molecular flexibility index (Phi) is 6.45. The first kappa shape index (κ1) is 19.3. The molecule has 2 amide bonds. The summed E-state index contributed by atoms with van der Waals surface area (Å²) in [6, 6.07) is 5.02. The van der Waals surface area contributed by atoms with Crippen molar-refractivity contribution in [3.8, 4) is 0 Å². The number of nitrogens with one attached hydrogen (secondary N) is 2. The number of rotatable bonds is 6. The smallest absolute Gasteiger partial charge is 0.337 e. The summed E-state index contributed by atoms with van der Waals surface area (Å²) in [7, 11) is 3.69. The zero-order valence-electron chi connectivity index (χ0n) is 15.0. The normalized spacial score (nSPS) is 14.3. The zero-order valence-corrected chi connectivity index (χ0v) is 15.7. The van der Waals surface area contributed by atoms with Crippen LogP contribution < -0.4 is 10.6 Å². The van der Waals surface area contributed by atoms with E-state index in [-0.39, 0.29) is 6.61 Å². The second kappa shape index (κ2) is 8.36. The van der Waals surface area contributed by atoms with Crippen LogP contribution in [0, 0.1) is 5.92 Å². The van der Waals surface area contributed by atoms with Crippen molar-refractivity contribution in [1.29, 1.82) is 0 Å². The fraction of sp³-hybridized carbons (Fsp3) is 0.444. The van der Waals surface area contributed by atoms with Crippen LogP contribution in [0.1, 0.15) is 19.4 Å². The molecule has 0 aliphatic carbocycles. The topological polar surface area (TPSA) is 70.7 Å². The van der Waals surface area contributed by atoms with Gasteiger partial charge >= 0.3 is 12.0 Å². The molecule has 0 bridgehead atoms. The molecule has 6 nitrogen and oxygen atoms in total. The predicted molar refractivity (Wildman–Crippen MR) is 98.7 cm³/mol. The lowest BCUT2D eigenvalue weighted by atomic mass is 10.0. The maximum absolute atomic E-state index is 12.2. The molecule has 0 fully saturated rings. The number of likely N-dealkylation sites (N-methyl/N-ethyl adjacent to an activating group) is 1. The lowest BCUT2D eigenvalue weighted by Crippen LogP contribution is -2.30. The highest BCUT2D eigenvalue weighted by Gasteiger charge is 2.26. The van der Waals surface area contributed by atoms with Crippen molar-refractivity contribution in [2.75, 3.05) is 32.6 Å². The van der Waals surface area contributed by atoms with Crippen molar-refractivity contribution in [3.63, 3.8) is 0 Å². The molecule has 0 radical (unpaired) electrons. The summed E-state index contributed by atoms with van der Waals surface area (Å²) in [4.78, 5) is 25.8. The molecular weight excluding hydrogens is 342 g/mol. The van der Waals surface area contributed by atoms with Gasteiger partial charge in [-0.15, -0.1) is 0 Å². The number of benzene rings is 1. The van der Waals surface area contributed by atoms with Gasteiger partial charge in [0.05, 0.1) is 11.3 Å². The standard InChI is InChI=1S/C18H24ClN3O3/c1-11(2)7-12-5-6-13(8-15(12)19)20-18(24)21-16-10-25-17(23)14(16)9-22(3)4/h5-6,8,11H,7,9-10H2,1-4H3,(H2,20,21,24). The number of hydrogen-bond acceptors (Lipinski definition) is 4. The number of halogens is 1. The average molecular weight is 366 g/mol. The number of nitrogens with zero attached hydrogens (tertiary/aromatic N) is 1. The number of hydrogen-bond donors (Lipinski definition) is 2. The van der Waals surface area contributed by atoms with E-state index < -0.39 is 12.0 Å². The first-order valence-electron chi connectivity index (χ1n) is 8.16. The maximum Gasteiger partial charge on any atom is 0.337 e. The second-order valence-corrected chi connectivity index (χ2v) is 7.16. The molecule has 1 aromatic carbocycles. The summed E-state index contributed by atoms with van der Waals surface area (Å²) in [6.07, 6.45) is 0.880. The number of anilines is 1. The number of urea groups is 1. The van der Waals surface area contributed by atoms with E-state index in [1.54, 1.807) is 6.07 Å². The summed E-state index contributed by atoms with van der Waals surface area (Å²) in [5.74, 6) is 0.103. The third-order valence-electron chi connectivity index (χ3n) is 3.64. The highest BCUT2D eigenvalue weighted by Crippen LogP contribution is 2.23. The summed E-state index contributed by atoms with van der Waals surface area (Å²) in [5, 5.41) is 6.05. The Morgan fingerprint density at radius 2 is 2.04 bits per heavy atom. The minimum Gasteiger partial charge on any atom is -0.456 e. The van der Waals surface area contributed by atoms with Gasteiger partial charge in [-0.3, -0.25) is 0 Å². The Morgan fingerprint density at radius 1 is 1.32 bits per heavy atom. The number of ether oxygens (including phenoxy) is 1. The van der Waals surface area contributed by atoms with E-state index in [0.29, 0.717) is 34.4 Å². The van der Waals surface area contributed by atoms with E-state index in [0.717, 1.165) is 12.0 Å². The van der Waals surface area contributed by atoms with Crippen molar-refractivity contribution < 1.29 is 14.3 Å². The lowest BCUT2D eigenvalue weighted by molar-refractivity contribution is -0.136. The highest BCUT2D eigenvalue weighted by atomic mass is 35.5. The van der Waals surface area contributed by atoms with Gasteiger partial charge < -0.3 is 20.3 Å². The molecule has 0 spiro atoms. The molecule has 1 aliphatic rings. The molecular formula is C18H24ClN3O3. The first-order chi connectivity index (χ1) is 11.8. The first-order valence-corrected chi connectivity index (χ1v) is 8.54. The van der Waals surface area contributed by atoms with Gasteiger partial charge in [0.25, 0.3) is 0 Å². The summed E-state index contributed by atoms with van der Waals surface area (Å²) in [6.45, 7) is 4.73. The third-order valence-corrected chi connectivity index (χ3v) is 3.99. The van der Waals surface area contributed by atoms with Crippen LogP contribution >= 0.6 is 11.6 Å². The molecule has 136 valence electrons. The summed E-state index contributed by atoms with van der Waals surface area (Å²) in [5.41, 5.74) is 2.59. The Bertz CT molecular complexity index is 699. The van der Waals surface area contributed by atoms with E-state index in [1.165, 1.54) is 0 Å². The summed E-state index contributed by atoms with van der Waals surface area (Å²) < 4.78 is 5.00. The Hall–Kier alpha value is -2.05. The van der Waals surface area contributed by atoms with Crippen molar-refractivity contribution >= 4 is 29.3 Å². The molecule has 0 saturated carbocycles. The molecule has 2 N–H and O–H groups in total. The number of carbonyl (C=O) groups excluding carboxylic acids is 2. The van der Waals surface area contributed by atoms with E-state index in [1.807, 2.05) is 31.1 Å². The molecule has 0 aromatic heterocycles. The fourth-order valence-corrected chi connectivity index (χ4v) is 2.81. The van der Waals surface area contributed by atoms with E-state index in [9.17, 15) is 9.59 Å². The van der Waals surface area contributed by atoms with Gasteiger partial charge in [0.2, 0.25) is 0 Å². The molecule has 1 aromatic rings. The fourth-order valence-electron chi connectivity index (χ4n) is 2.55. The van der Waals surface area contributed by atoms with Gasteiger partial charge in [-0.25, -0.2) is 9.59 Å². The van der Waals surface area contributed by atoms with Crippen LogP contribution in [0.25, 0.3) is 0 Å². The maximum atomic E-state index is 12.2. The van der Waals surface area contributed by atoms with Crippen LogP contribution in [-0.4, -0.2) is 44.1 Å². The van der Waals surface area contributed by atoms with E-state index in [4.69, 9.17) is 16.3 Å². The number of amides is 2. The van der Waals surface area contributed by atoms with E-state index >= 15 is 0 Å². The highest BCUT2D eigenvalue weighted by molar-refractivity contribution is 6.31. The van der Waals surface area contributed by atoms with Crippen molar-refractivity contribution in [1.82, 2.24) is 10.2 Å². The number of cyclic esters (lactones) is 1. The molecule has 1 aliphatic heterocycles. The van der Waals surface area contributed by atoms with Gasteiger partial charge in [0, 0.05) is 17.3 Å².